The summed E-state index contributed by atoms with van der Waals surface area (Å²) in [6.07, 6.45) is 1.71. The molecule has 2 heterocycles. The number of nitrogens with zero attached hydrogens (tertiary/aromatic N) is 2. The molecule has 3 nitrogen and oxygen atoms in total. The number of thioether (sulfide) groups is 2. The minimum atomic E-state index is 0.0277. The average molecular weight is 300 g/mol. The molecule has 0 aromatic rings. The van der Waals surface area contributed by atoms with E-state index in [2.05, 4.69) is 25.3 Å². The van der Waals surface area contributed by atoms with Crippen LogP contribution in [-0.2, 0) is 4.79 Å². The Labute approximate surface area is 122 Å². The van der Waals surface area contributed by atoms with E-state index in [1.165, 1.54) is 11.8 Å². The number of amides is 1. The molecular weight excluding hydrogens is 284 g/mol. The van der Waals surface area contributed by atoms with Crippen molar-refractivity contribution in [3.05, 3.63) is 22.6 Å². The van der Waals surface area contributed by atoms with Crippen LogP contribution in [0.4, 0.5) is 0 Å². The summed E-state index contributed by atoms with van der Waals surface area (Å²) in [5.74, 6) is 1.06. The van der Waals surface area contributed by atoms with E-state index in [0.717, 1.165) is 22.2 Å². The van der Waals surface area contributed by atoms with Crippen molar-refractivity contribution in [1.29, 1.82) is 0 Å². The maximum absolute atomic E-state index is 12.3. The average Bonchev–Trinajstić information content (AvgIpc) is 2.84. The predicted octanol–water partition coefficient (Wildman–Crippen LogP) is 2.66. The molecule has 2 aliphatic rings. The molecular formula is C12H16N2OS3. The number of rotatable bonds is 3. The summed E-state index contributed by atoms with van der Waals surface area (Å²) < 4.78 is 0.638. The van der Waals surface area contributed by atoms with Gasteiger partial charge in [-0.1, -0.05) is 30.1 Å². The highest BCUT2D eigenvalue weighted by Gasteiger charge is 2.38. The van der Waals surface area contributed by atoms with Gasteiger partial charge in [-0.3, -0.25) is 9.69 Å². The summed E-state index contributed by atoms with van der Waals surface area (Å²) in [6, 6.07) is 0.484. The number of hydrogen-bond donors (Lipinski definition) is 0. The molecule has 98 valence electrons. The van der Waals surface area contributed by atoms with E-state index < -0.39 is 0 Å². The Balaban J connectivity index is 2.31. The van der Waals surface area contributed by atoms with Gasteiger partial charge >= 0.3 is 0 Å². The van der Waals surface area contributed by atoms with Gasteiger partial charge in [-0.25, -0.2) is 0 Å². The normalized spacial score (nSPS) is 28.4. The lowest BCUT2D eigenvalue weighted by atomic mass is 10.3. The molecule has 1 amide bonds. The molecule has 0 spiro atoms. The third-order valence-electron chi connectivity index (χ3n) is 2.95. The van der Waals surface area contributed by atoms with E-state index in [4.69, 9.17) is 12.2 Å². The highest BCUT2D eigenvalue weighted by Crippen LogP contribution is 2.42. The highest BCUT2D eigenvalue weighted by atomic mass is 32.2. The van der Waals surface area contributed by atoms with Crippen LogP contribution in [0.1, 0.15) is 13.8 Å². The molecule has 1 atom stereocenters. The van der Waals surface area contributed by atoms with Crippen molar-refractivity contribution in [2.45, 2.75) is 19.9 Å². The Morgan fingerprint density at radius 1 is 1.61 bits per heavy atom. The molecule has 0 radical (unpaired) electrons. The molecule has 0 N–H and O–H groups in total. The van der Waals surface area contributed by atoms with Crippen LogP contribution in [0.25, 0.3) is 0 Å². The zero-order chi connectivity index (χ0) is 13.3. The first-order chi connectivity index (χ1) is 8.60. The van der Waals surface area contributed by atoms with E-state index in [1.807, 2.05) is 0 Å². The minimum absolute atomic E-state index is 0.0277. The van der Waals surface area contributed by atoms with E-state index in [0.29, 0.717) is 16.9 Å². The molecule has 0 saturated carbocycles. The first-order valence-electron chi connectivity index (χ1n) is 5.88. The third kappa shape index (κ3) is 2.33. The van der Waals surface area contributed by atoms with E-state index in [9.17, 15) is 4.79 Å². The third-order valence-corrected chi connectivity index (χ3v) is 5.88. The van der Waals surface area contributed by atoms with Crippen LogP contribution < -0.4 is 0 Å². The largest absolute Gasteiger partial charge is 0.362 e. The van der Waals surface area contributed by atoms with Crippen molar-refractivity contribution >= 4 is 46.0 Å². The fourth-order valence-corrected chi connectivity index (χ4v) is 4.86. The Morgan fingerprint density at radius 2 is 2.33 bits per heavy atom. The van der Waals surface area contributed by atoms with Gasteiger partial charge in [0.15, 0.2) is 0 Å². The fraction of sp³-hybridized carbons (Fsp3) is 0.500. The van der Waals surface area contributed by atoms with Crippen LogP contribution in [-0.4, -0.2) is 44.9 Å². The number of carbonyl (C=O) groups excluding carboxylic acids is 1. The summed E-state index contributed by atoms with van der Waals surface area (Å²) in [5.41, 5.74) is 0. The molecule has 2 saturated heterocycles. The molecule has 0 aromatic carbocycles. The molecule has 2 fully saturated rings. The molecule has 2 rings (SSSR count). The van der Waals surface area contributed by atoms with E-state index in [-0.39, 0.29) is 5.91 Å². The van der Waals surface area contributed by atoms with Crippen LogP contribution in [0.2, 0.25) is 0 Å². The van der Waals surface area contributed by atoms with Gasteiger partial charge in [-0.15, -0.1) is 18.3 Å². The molecule has 0 aromatic heterocycles. The maximum Gasteiger partial charge on any atom is 0.269 e. The van der Waals surface area contributed by atoms with Gasteiger partial charge in [0.1, 0.15) is 9.23 Å². The minimum Gasteiger partial charge on any atom is -0.362 e. The molecule has 2 aliphatic heterocycles. The van der Waals surface area contributed by atoms with E-state index in [1.54, 1.807) is 22.7 Å². The van der Waals surface area contributed by atoms with Crippen molar-refractivity contribution in [3.63, 3.8) is 0 Å². The van der Waals surface area contributed by atoms with Gasteiger partial charge in [-0.05, 0) is 13.8 Å². The Kier molecular flexibility index (Phi) is 4.40. The topological polar surface area (TPSA) is 23.6 Å². The Hall–Kier alpha value is -0.460. The summed E-state index contributed by atoms with van der Waals surface area (Å²) in [5, 5.41) is 1.09. The predicted molar refractivity (Wildman–Crippen MR) is 83.4 cm³/mol. The Morgan fingerprint density at radius 3 is 2.94 bits per heavy atom. The summed E-state index contributed by atoms with van der Waals surface area (Å²) >= 11 is 8.43. The standard InChI is InChI=1S/C12H16N2OS3/c1-4-6-14-10(15)9(18-12(14)16)11-13(5-2)8(3)7-17-11/h4,8H,1,5-7H2,2-3H3/b11-9-/t8-/m1/s1. The number of thiocarbonyl (C=S) groups is 1. The van der Waals surface area contributed by atoms with Crippen LogP contribution in [0, 0.1) is 0 Å². The van der Waals surface area contributed by atoms with Crippen LogP contribution in [0.3, 0.4) is 0 Å². The van der Waals surface area contributed by atoms with Crippen LogP contribution in [0.5, 0.6) is 0 Å². The molecule has 0 bridgehead atoms. The lowest BCUT2D eigenvalue weighted by Crippen LogP contribution is -2.30. The van der Waals surface area contributed by atoms with Gasteiger partial charge in [0, 0.05) is 24.9 Å². The van der Waals surface area contributed by atoms with Crippen molar-refractivity contribution in [2.24, 2.45) is 0 Å². The van der Waals surface area contributed by atoms with Crippen molar-refractivity contribution in [1.82, 2.24) is 9.80 Å². The van der Waals surface area contributed by atoms with Gasteiger partial charge in [0.05, 0.1) is 5.03 Å². The smallest absolute Gasteiger partial charge is 0.269 e. The van der Waals surface area contributed by atoms with Crippen LogP contribution in [0.15, 0.2) is 22.6 Å². The van der Waals surface area contributed by atoms with E-state index >= 15 is 0 Å². The molecule has 0 unspecified atom stereocenters. The van der Waals surface area contributed by atoms with Gasteiger partial charge in [0.25, 0.3) is 5.91 Å². The zero-order valence-electron chi connectivity index (χ0n) is 10.5. The highest BCUT2D eigenvalue weighted by molar-refractivity contribution is 8.27. The second kappa shape index (κ2) is 5.67. The maximum atomic E-state index is 12.3. The van der Waals surface area contributed by atoms with Crippen LogP contribution >= 0.6 is 35.7 Å². The number of carbonyl (C=O) groups is 1. The van der Waals surface area contributed by atoms with Gasteiger partial charge in [-0.2, -0.15) is 0 Å². The summed E-state index contributed by atoms with van der Waals surface area (Å²) in [7, 11) is 0. The second-order valence-electron chi connectivity index (χ2n) is 4.15. The Bertz CT molecular complexity index is 433. The quantitative estimate of drug-likeness (QED) is 0.453. The molecule has 0 aliphatic carbocycles. The van der Waals surface area contributed by atoms with Gasteiger partial charge < -0.3 is 4.90 Å². The zero-order valence-corrected chi connectivity index (χ0v) is 13.0. The SMILES string of the molecule is C=CCN1C(=O)/C(=C2/SC[C@@H](C)N2CC)SC1=S. The summed E-state index contributed by atoms with van der Waals surface area (Å²) in [6.45, 7) is 9.39. The first kappa shape index (κ1) is 14.0. The van der Waals surface area contributed by atoms with Gasteiger partial charge in [0.2, 0.25) is 0 Å². The lowest BCUT2D eigenvalue weighted by molar-refractivity contribution is -0.121. The van der Waals surface area contributed by atoms with Crippen molar-refractivity contribution in [2.75, 3.05) is 18.8 Å². The first-order valence-corrected chi connectivity index (χ1v) is 8.09. The monoisotopic (exact) mass is 300 g/mol. The van der Waals surface area contributed by atoms with Crippen molar-refractivity contribution in [3.8, 4) is 0 Å². The lowest BCUT2D eigenvalue weighted by Gasteiger charge is -2.22. The molecule has 6 heteroatoms. The number of hydrogen-bond acceptors (Lipinski definition) is 5. The fourth-order valence-electron chi connectivity index (χ4n) is 2.04. The molecule has 18 heavy (non-hydrogen) atoms. The van der Waals surface area contributed by atoms with Crippen molar-refractivity contribution < 1.29 is 4.79 Å². The second-order valence-corrected chi connectivity index (χ2v) is 6.81. The summed E-state index contributed by atoms with van der Waals surface area (Å²) in [4.78, 5) is 17.0.